The first-order chi connectivity index (χ1) is 7.58. The summed E-state index contributed by atoms with van der Waals surface area (Å²) >= 11 is 0. The third-order valence-corrected chi connectivity index (χ3v) is 2.15. The third-order valence-electron chi connectivity index (χ3n) is 2.15. The van der Waals surface area contributed by atoms with E-state index in [0.29, 0.717) is 0 Å². The fourth-order valence-corrected chi connectivity index (χ4v) is 1.57. The van der Waals surface area contributed by atoms with Crippen LogP contribution in [0.3, 0.4) is 0 Å². The van der Waals surface area contributed by atoms with Crippen LogP contribution in [0, 0.1) is 0 Å². The van der Waals surface area contributed by atoms with Gasteiger partial charge in [0.2, 0.25) is 0 Å². The smallest absolute Gasteiger partial charge is 0.289 e. The number of Topliss-reactive ketones (excluding diaryl/α,β-unsaturated/α-hetero) is 1. The summed E-state index contributed by atoms with van der Waals surface area (Å²) in [4.78, 5) is 11.3. The Kier molecular flexibility index (Phi) is 3.68. The monoisotopic (exact) mass is 258 g/mol. The van der Waals surface area contributed by atoms with Crippen molar-refractivity contribution < 1.29 is 31.1 Å². The molecule has 0 atom stereocenters. The second kappa shape index (κ2) is 4.54. The molecule has 7 heteroatoms. The lowest BCUT2D eigenvalue weighted by atomic mass is 9.88. The van der Waals surface area contributed by atoms with Crippen molar-refractivity contribution in [3.05, 3.63) is 23.3 Å². The molecule has 0 aromatic heterocycles. The first kappa shape index (κ1) is 13.8. The zero-order valence-electron chi connectivity index (χ0n) is 8.45. The first-order valence-corrected chi connectivity index (χ1v) is 4.70. The molecule has 0 amide bonds. The molecule has 1 aliphatic carbocycles. The average Bonchev–Trinajstić information content (AvgIpc) is 2.07. The highest BCUT2D eigenvalue weighted by atomic mass is 19.4. The Labute approximate surface area is 92.8 Å². The highest BCUT2D eigenvalue weighted by Gasteiger charge is 2.32. The van der Waals surface area contributed by atoms with Crippen molar-refractivity contribution in [3.63, 3.8) is 0 Å². The summed E-state index contributed by atoms with van der Waals surface area (Å²) in [6.45, 7) is 0. The third kappa shape index (κ3) is 4.62. The molecule has 1 saturated carbocycles. The van der Waals surface area contributed by atoms with Crippen LogP contribution in [0.1, 0.15) is 19.3 Å². The van der Waals surface area contributed by atoms with Crippen molar-refractivity contribution in [2.75, 3.05) is 0 Å². The zero-order chi connectivity index (χ0) is 13.3. The molecule has 0 heterocycles. The number of allylic oxidation sites excluding steroid dienone is 4. The molecule has 17 heavy (non-hydrogen) atoms. The maximum atomic E-state index is 12.0. The van der Waals surface area contributed by atoms with Gasteiger partial charge in [0.1, 0.15) is 0 Å². The maximum absolute atomic E-state index is 12.0. The van der Waals surface area contributed by atoms with E-state index >= 15 is 0 Å². The van der Waals surface area contributed by atoms with Gasteiger partial charge in [-0.15, -0.1) is 0 Å². The molecule has 96 valence electrons. The Balaban J connectivity index is 2.99. The molecule has 0 spiro atoms. The molecule has 0 N–H and O–H groups in total. The Morgan fingerprint density at radius 1 is 0.824 bits per heavy atom. The SMILES string of the molecule is O=C1/C(=C\C(F)(F)F)CCC/C1=C\C(F)(F)F. The van der Waals surface area contributed by atoms with Crippen molar-refractivity contribution in [1.82, 2.24) is 0 Å². The van der Waals surface area contributed by atoms with E-state index in [-0.39, 0.29) is 31.4 Å². The molecule has 0 unspecified atom stereocenters. The number of carbonyl (C=O) groups excluding carboxylic acids is 1. The van der Waals surface area contributed by atoms with E-state index in [0.717, 1.165) is 0 Å². The van der Waals surface area contributed by atoms with Gasteiger partial charge < -0.3 is 0 Å². The lowest BCUT2D eigenvalue weighted by Gasteiger charge is -2.17. The first-order valence-electron chi connectivity index (χ1n) is 4.70. The second-order valence-electron chi connectivity index (χ2n) is 3.61. The normalized spacial score (nSPS) is 23.5. The van der Waals surface area contributed by atoms with Crippen molar-refractivity contribution >= 4 is 5.78 Å². The predicted molar refractivity (Wildman–Crippen MR) is 47.1 cm³/mol. The average molecular weight is 258 g/mol. The molecular weight excluding hydrogens is 250 g/mol. The molecule has 0 bridgehead atoms. The molecule has 1 aliphatic rings. The highest BCUT2D eigenvalue weighted by molar-refractivity contribution is 6.09. The lowest BCUT2D eigenvalue weighted by molar-refractivity contribution is -0.115. The lowest BCUT2D eigenvalue weighted by Crippen LogP contribution is -2.18. The summed E-state index contributed by atoms with van der Waals surface area (Å²) in [7, 11) is 0. The number of hydrogen-bond acceptors (Lipinski definition) is 1. The van der Waals surface area contributed by atoms with Gasteiger partial charge in [0.25, 0.3) is 0 Å². The van der Waals surface area contributed by atoms with Crippen LogP contribution in [0.2, 0.25) is 0 Å². The van der Waals surface area contributed by atoms with E-state index in [2.05, 4.69) is 0 Å². The van der Waals surface area contributed by atoms with Gasteiger partial charge in [-0.3, -0.25) is 4.79 Å². The number of alkyl halides is 6. The summed E-state index contributed by atoms with van der Waals surface area (Å²) in [6.07, 6.45) is -10.0. The van der Waals surface area contributed by atoms with E-state index in [9.17, 15) is 31.1 Å². The number of ketones is 1. The van der Waals surface area contributed by atoms with Crippen LogP contribution >= 0.6 is 0 Å². The molecular formula is C10H8F6O. The van der Waals surface area contributed by atoms with Gasteiger partial charge in [-0.25, -0.2) is 0 Å². The minimum Gasteiger partial charge on any atom is -0.289 e. The quantitative estimate of drug-likeness (QED) is 0.478. The van der Waals surface area contributed by atoms with Gasteiger partial charge in [0.05, 0.1) is 0 Å². The Morgan fingerprint density at radius 3 is 1.47 bits per heavy atom. The van der Waals surface area contributed by atoms with E-state index in [4.69, 9.17) is 0 Å². The van der Waals surface area contributed by atoms with Crippen LogP contribution in [0.25, 0.3) is 0 Å². The van der Waals surface area contributed by atoms with Crippen LogP contribution in [0.4, 0.5) is 26.3 Å². The fourth-order valence-electron chi connectivity index (χ4n) is 1.57. The molecule has 1 rings (SSSR count). The number of rotatable bonds is 0. The van der Waals surface area contributed by atoms with Gasteiger partial charge in [-0.1, -0.05) is 0 Å². The van der Waals surface area contributed by atoms with Crippen LogP contribution in [-0.2, 0) is 4.79 Å². The summed E-state index contributed by atoms with van der Waals surface area (Å²) in [5, 5.41) is 0. The number of carbonyl (C=O) groups is 1. The van der Waals surface area contributed by atoms with E-state index in [1.807, 2.05) is 0 Å². The fraction of sp³-hybridized carbons (Fsp3) is 0.500. The standard InChI is InChI=1S/C10H8F6O/c11-9(12,13)4-6-2-1-3-7(8(6)17)5-10(14,15)16/h4-5H,1-3H2/b6-4-,7-5+. The maximum Gasteiger partial charge on any atom is 0.410 e. The Morgan fingerprint density at radius 2 is 1.18 bits per heavy atom. The van der Waals surface area contributed by atoms with Gasteiger partial charge in [0, 0.05) is 23.3 Å². The van der Waals surface area contributed by atoms with Gasteiger partial charge in [0.15, 0.2) is 5.78 Å². The van der Waals surface area contributed by atoms with Crippen LogP contribution < -0.4 is 0 Å². The van der Waals surface area contributed by atoms with E-state index in [1.54, 1.807) is 0 Å². The molecule has 0 radical (unpaired) electrons. The molecule has 1 fully saturated rings. The minimum absolute atomic E-state index is 0.107. The van der Waals surface area contributed by atoms with Crippen molar-refractivity contribution in [2.45, 2.75) is 31.6 Å². The largest absolute Gasteiger partial charge is 0.410 e. The van der Waals surface area contributed by atoms with Crippen LogP contribution in [0.5, 0.6) is 0 Å². The molecule has 0 aliphatic heterocycles. The van der Waals surface area contributed by atoms with Gasteiger partial charge in [-0.2, -0.15) is 26.3 Å². The predicted octanol–water partition coefficient (Wildman–Crippen LogP) is 3.72. The van der Waals surface area contributed by atoms with Gasteiger partial charge in [-0.05, 0) is 19.3 Å². The highest BCUT2D eigenvalue weighted by Crippen LogP contribution is 2.31. The molecule has 1 nitrogen and oxygen atoms in total. The topological polar surface area (TPSA) is 17.1 Å². The van der Waals surface area contributed by atoms with E-state index < -0.39 is 29.3 Å². The van der Waals surface area contributed by atoms with Crippen molar-refractivity contribution in [3.8, 4) is 0 Å². The van der Waals surface area contributed by atoms with Crippen molar-refractivity contribution in [1.29, 1.82) is 0 Å². The number of halogens is 6. The van der Waals surface area contributed by atoms with Crippen molar-refractivity contribution in [2.24, 2.45) is 0 Å². The number of hydrogen-bond donors (Lipinski definition) is 0. The minimum atomic E-state index is -4.69. The summed E-state index contributed by atoms with van der Waals surface area (Å²) < 4.78 is 72.0. The summed E-state index contributed by atoms with van der Waals surface area (Å²) in [5.74, 6) is -1.16. The molecule has 0 aromatic carbocycles. The zero-order valence-corrected chi connectivity index (χ0v) is 8.45. The molecule has 0 saturated heterocycles. The van der Waals surface area contributed by atoms with Gasteiger partial charge >= 0.3 is 12.4 Å². The summed E-state index contributed by atoms with van der Waals surface area (Å²) in [5.41, 5.74) is -1.22. The van der Waals surface area contributed by atoms with Crippen LogP contribution in [0.15, 0.2) is 23.3 Å². The summed E-state index contributed by atoms with van der Waals surface area (Å²) in [6, 6.07) is 0. The van der Waals surface area contributed by atoms with Crippen LogP contribution in [-0.4, -0.2) is 18.1 Å². The van der Waals surface area contributed by atoms with E-state index in [1.165, 1.54) is 0 Å². The second-order valence-corrected chi connectivity index (χ2v) is 3.61. The Bertz CT molecular complexity index is 337. The Hall–Kier alpha value is -1.27. The molecule has 0 aromatic rings.